The van der Waals surface area contributed by atoms with E-state index < -0.39 is 10.0 Å². The van der Waals surface area contributed by atoms with Crippen LogP contribution in [0.1, 0.15) is 31.4 Å². The fourth-order valence-electron chi connectivity index (χ4n) is 1.69. The van der Waals surface area contributed by atoms with Crippen LogP contribution >= 0.6 is 0 Å². The molecule has 0 bridgehead atoms. The van der Waals surface area contributed by atoms with Gasteiger partial charge in [-0.3, -0.25) is 0 Å². The first-order valence-electron chi connectivity index (χ1n) is 5.84. The zero-order valence-electron chi connectivity index (χ0n) is 10.4. The summed E-state index contributed by atoms with van der Waals surface area (Å²) in [6.07, 6.45) is 1.93. The molecule has 0 saturated carbocycles. The third-order valence-electron chi connectivity index (χ3n) is 2.63. The molecule has 1 aromatic rings. The number of aryl methyl sites for hydroxylation is 1. The standard InChI is InChI=1S/C12H20N2O2S/c1-3-7-14-9-11-8-12(17(13,15)16)6-5-10(11)4-2/h5-6,8,14H,3-4,7,9H2,1-2H3,(H2,13,15,16). The predicted octanol–water partition coefficient (Wildman–Crippen LogP) is 1.40. The van der Waals surface area contributed by atoms with Crippen molar-refractivity contribution in [3.8, 4) is 0 Å². The van der Waals surface area contributed by atoms with Crippen molar-refractivity contribution in [2.24, 2.45) is 5.14 Å². The molecule has 1 rings (SSSR count). The minimum absolute atomic E-state index is 0.183. The molecule has 0 heterocycles. The topological polar surface area (TPSA) is 72.2 Å². The van der Waals surface area contributed by atoms with Gasteiger partial charge in [-0.1, -0.05) is 19.9 Å². The summed E-state index contributed by atoms with van der Waals surface area (Å²) in [5.74, 6) is 0. The van der Waals surface area contributed by atoms with Gasteiger partial charge in [-0.2, -0.15) is 0 Å². The van der Waals surface area contributed by atoms with Crippen LogP contribution in [0.3, 0.4) is 0 Å². The van der Waals surface area contributed by atoms with Crippen molar-refractivity contribution < 1.29 is 8.42 Å². The van der Waals surface area contributed by atoms with E-state index in [0.717, 1.165) is 30.5 Å². The Morgan fingerprint density at radius 1 is 1.24 bits per heavy atom. The molecule has 3 N–H and O–H groups in total. The fraction of sp³-hybridized carbons (Fsp3) is 0.500. The van der Waals surface area contributed by atoms with E-state index in [1.54, 1.807) is 12.1 Å². The average Bonchev–Trinajstić information content (AvgIpc) is 2.28. The zero-order valence-corrected chi connectivity index (χ0v) is 11.2. The Bertz CT molecular complexity index is 469. The number of nitrogens with two attached hydrogens (primary N) is 1. The average molecular weight is 256 g/mol. The van der Waals surface area contributed by atoms with Gasteiger partial charge in [0, 0.05) is 6.54 Å². The molecule has 0 unspecified atom stereocenters. The van der Waals surface area contributed by atoms with Crippen molar-refractivity contribution in [3.63, 3.8) is 0 Å². The fourth-order valence-corrected chi connectivity index (χ4v) is 2.25. The molecule has 0 saturated heterocycles. The lowest BCUT2D eigenvalue weighted by atomic mass is 10.1. The molecule has 1 aromatic carbocycles. The molecular weight excluding hydrogens is 236 g/mol. The molecule has 4 nitrogen and oxygen atoms in total. The summed E-state index contributed by atoms with van der Waals surface area (Å²) in [5, 5.41) is 8.39. The Labute approximate surface area is 103 Å². The summed E-state index contributed by atoms with van der Waals surface area (Å²) in [5.41, 5.74) is 2.16. The lowest BCUT2D eigenvalue weighted by Crippen LogP contribution is -2.17. The Morgan fingerprint density at radius 3 is 2.47 bits per heavy atom. The summed E-state index contributed by atoms with van der Waals surface area (Å²) in [6, 6.07) is 5.07. The molecule has 0 aliphatic rings. The normalized spacial score (nSPS) is 11.7. The van der Waals surface area contributed by atoms with Crippen LogP contribution in [0, 0.1) is 0 Å². The lowest BCUT2D eigenvalue weighted by molar-refractivity contribution is 0.597. The first-order chi connectivity index (χ1) is 7.99. The van der Waals surface area contributed by atoms with Crippen LogP contribution in [0.5, 0.6) is 0 Å². The molecule has 0 atom stereocenters. The number of sulfonamides is 1. The molecular formula is C12H20N2O2S. The molecule has 0 aromatic heterocycles. The first kappa shape index (κ1) is 14.2. The number of hydrogen-bond donors (Lipinski definition) is 2. The van der Waals surface area contributed by atoms with E-state index >= 15 is 0 Å². The molecule has 96 valence electrons. The second kappa shape index (κ2) is 6.14. The third kappa shape index (κ3) is 4.11. The van der Waals surface area contributed by atoms with E-state index in [1.165, 1.54) is 0 Å². The minimum Gasteiger partial charge on any atom is -0.313 e. The molecule has 0 aliphatic heterocycles. The largest absolute Gasteiger partial charge is 0.313 e. The maximum Gasteiger partial charge on any atom is 0.238 e. The highest BCUT2D eigenvalue weighted by atomic mass is 32.2. The van der Waals surface area contributed by atoms with Gasteiger partial charge in [0.15, 0.2) is 0 Å². The molecule has 0 aliphatic carbocycles. The number of primary sulfonamides is 1. The van der Waals surface area contributed by atoms with E-state index in [9.17, 15) is 8.42 Å². The number of nitrogens with one attached hydrogen (secondary N) is 1. The second-order valence-electron chi connectivity index (χ2n) is 4.01. The van der Waals surface area contributed by atoms with Crippen LogP contribution in [0.2, 0.25) is 0 Å². The Kier molecular flexibility index (Phi) is 5.11. The maximum absolute atomic E-state index is 11.3. The molecule has 0 spiro atoms. The Balaban J connectivity index is 2.98. The molecule has 0 radical (unpaired) electrons. The van der Waals surface area contributed by atoms with E-state index in [4.69, 9.17) is 5.14 Å². The lowest BCUT2D eigenvalue weighted by Gasteiger charge is -2.10. The summed E-state index contributed by atoms with van der Waals surface area (Å²) >= 11 is 0. The maximum atomic E-state index is 11.3. The first-order valence-corrected chi connectivity index (χ1v) is 7.39. The second-order valence-corrected chi connectivity index (χ2v) is 5.57. The summed E-state index contributed by atoms with van der Waals surface area (Å²) < 4.78 is 22.5. The SMILES string of the molecule is CCCNCc1cc(S(N)(=O)=O)ccc1CC. The van der Waals surface area contributed by atoms with Gasteiger partial charge in [0.05, 0.1) is 4.90 Å². The smallest absolute Gasteiger partial charge is 0.238 e. The summed E-state index contributed by atoms with van der Waals surface area (Å²) in [7, 11) is -3.61. The number of rotatable bonds is 6. The van der Waals surface area contributed by atoms with Crippen LogP contribution in [0.25, 0.3) is 0 Å². The van der Waals surface area contributed by atoms with Crippen molar-refractivity contribution in [2.45, 2.75) is 38.1 Å². The van der Waals surface area contributed by atoms with Crippen molar-refractivity contribution in [2.75, 3.05) is 6.54 Å². The number of benzene rings is 1. The van der Waals surface area contributed by atoms with Crippen molar-refractivity contribution in [1.82, 2.24) is 5.32 Å². The Hall–Kier alpha value is -0.910. The van der Waals surface area contributed by atoms with Crippen molar-refractivity contribution >= 4 is 10.0 Å². The summed E-state index contributed by atoms with van der Waals surface area (Å²) in [6.45, 7) is 5.74. The van der Waals surface area contributed by atoms with Gasteiger partial charge in [-0.15, -0.1) is 0 Å². The highest BCUT2D eigenvalue weighted by Gasteiger charge is 2.10. The molecule has 0 amide bonds. The minimum atomic E-state index is -3.61. The van der Waals surface area contributed by atoms with Crippen molar-refractivity contribution in [1.29, 1.82) is 0 Å². The van der Waals surface area contributed by atoms with Gasteiger partial charge in [0.25, 0.3) is 0 Å². The van der Waals surface area contributed by atoms with Crippen LogP contribution in [0.4, 0.5) is 0 Å². The highest BCUT2D eigenvalue weighted by Crippen LogP contribution is 2.15. The van der Waals surface area contributed by atoms with Gasteiger partial charge >= 0.3 is 0 Å². The van der Waals surface area contributed by atoms with Crippen LogP contribution < -0.4 is 10.5 Å². The highest BCUT2D eigenvalue weighted by molar-refractivity contribution is 7.89. The molecule has 5 heteroatoms. The van der Waals surface area contributed by atoms with Gasteiger partial charge in [-0.25, -0.2) is 13.6 Å². The predicted molar refractivity (Wildman–Crippen MR) is 69.2 cm³/mol. The van der Waals surface area contributed by atoms with Gasteiger partial charge in [-0.05, 0) is 42.6 Å². The van der Waals surface area contributed by atoms with E-state index in [2.05, 4.69) is 19.2 Å². The summed E-state index contributed by atoms with van der Waals surface area (Å²) in [4.78, 5) is 0.183. The van der Waals surface area contributed by atoms with Crippen LogP contribution in [-0.2, 0) is 23.0 Å². The number of hydrogen-bond acceptors (Lipinski definition) is 3. The molecule has 17 heavy (non-hydrogen) atoms. The van der Waals surface area contributed by atoms with Crippen LogP contribution in [-0.4, -0.2) is 15.0 Å². The van der Waals surface area contributed by atoms with E-state index in [1.807, 2.05) is 6.07 Å². The van der Waals surface area contributed by atoms with E-state index in [-0.39, 0.29) is 4.90 Å². The quantitative estimate of drug-likeness (QED) is 0.756. The van der Waals surface area contributed by atoms with E-state index in [0.29, 0.717) is 6.54 Å². The van der Waals surface area contributed by atoms with Crippen LogP contribution in [0.15, 0.2) is 23.1 Å². The molecule has 0 fully saturated rings. The Morgan fingerprint density at radius 2 is 1.94 bits per heavy atom. The van der Waals surface area contributed by atoms with Crippen molar-refractivity contribution in [3.05, 3.63) is 29.3 Å². The zero-order chi connectivity index (χ0) is 12.9. The van der Waals surface area contributed by atoms with Gasteiger partial charge in [0.1, 0.15) is 0 Å². The third-order valence-corrected chi connectivity index (χ3v) is 3.54. The monoisotopic (exact) mass is 256 g/mol. The van der Waals surface area contributed by atoms with Gasteiger partial charge < -0.3 is 5.32 Å². The van der Waals surface area contributed by atoms with Gasteiger partial charge in [0.2, 0.25) is 10.0 Å².